The highest BCUT2D eigenvalue weighted by Crippen LogP contribution is 2.64. The van der Waals surface area contributed by atoms with Crippen molar-refractivity contribution >= 4 is 40.9 Å². The predicted molar refractivity (Wildman–Crippen MR) is 88.7 cm³/mol. The molecule has 132 valence electrons. The van der Waals surface area contributed by atoms with Crippen LogP contribution in [0.4, 0.5) is 0 Å². The van der Waals surface area contributed by atoms with E-state index >= 15 is 0 Å². The predicted octanol–water partition coefficient (Wildman–Crippen LogP) is 3.12. The Bertz CT molecular complexity index is 710. The van der Waals surface area contributed by atoms with Crippen LogP contribution in [0.25, 0.3) is 0 Å². The Morgan fingerprint density at radius 3 is 2.17 bits per heavy atom. The van der Waals surface area contributed by atoms with Crippen molar-refractivity contribution in [3.8, 4) is 0 Å². The van der Waals surface area contributed by atoms with Crippen LogP contribution < -0.4 is 0 Å². The van der Waals surface area contributed by atoms with Gasteiger partial charge in [-0.05, 0) is 27.7 Å². The molecule has 1 aromatic rings. The maximum atomic E-state index is 12.5. The maximum absolute atomic E-state index is 12.5. The van der Waals surface area contributed by atoms with E-state index in [1.54, 1.807) is 27.7 Å². The van der Waals surface area contributed by atoms with Gasteiger partial charge < -0.3 is 14.5 Å². The summed E-state index contributed by atoms with van der Waals surface area (Å²) >= 11 is 11.8. The largest absolute Gasteiger partial charge is 0.462 e. The molecule has 1 atom stereocenters. The fourth-order valence-corrected chi connectivity index (χ4v) is 3.26. The van der Waals surface area contributed by atoms with Gasteiger partial charge in [-0.2, -0.15) is 0 Å². The van der Waals surface area contributed by atoms with Crippen molar-refractivity contribution in [1.82, 2.24) is 4.98 Å². The number of carbonyl (C=O) groups excluding carboxylic acids is 3. The molecule has 1 saturated carbocycles. The van der Waals surface area contributed by atoms with Gasteiger partial charge >= 0.3 is 11.9 Å². The van der Waals surface area contributed by atoms with Gasteiger partial charge in [0.1, 0.15) is 9.75 Å². The molecule has 0 unspecified atom stereocenters. The van der Waals surface area contributed by atoms with E-state index in [4.69, 9.17) is 32.7 Å². The lowest BCUT2D eigenvalue weighted by Crippen LogP contribution is -2.25. The fourth-order valence-electron chi connectivity index (χ4n) is 2.57. The fraction of sp³-hybridized carbons (Fsp3) is 0.562. The molecule has 1 N–H and O–H groups in total. The molecule has 1 aliphatic rings. The zero-order valence-electron chi connectivity index (χ0n) is 13.9. The monoisotopic (exact) mass is 375 g/mol. The summed E-state index contributed by atoms with van der Waals surface area (Å²) in [6, 6.07) is 0. The number of carbonyl (C=O) groups is 3. The second-order valence-electron chi connectivity index (χ2n) is 6.06. The first-order valence-electron chi connectivity index (χ1n) is 7.49. The first kappa shape index (κ1) is 18.8. The molecule has 1 aromatic heterocycles. The molecule has 1 fully saturated rings. The number of esters is 2. The van der Waals surface area contributed by atoms with Crippen LogP contribution in [-0.2, 0) is 14.3 Å². The van der Waals surface area contributed by atoms with Crippen molar-refractivity contribution in [3.05, 3.63) is 22.5 Å². The zero-order chi connectivity index (χ0) is 18.3. The van der Waals surface area contributed by atoms with Crippen molar-refractivity contribution in [2.24, 2.45) is 5.41 Å². The minimum Gasteiger partial charge on any atom is -0.462 e. The SMILES string of the molecule is CCOC(=O)c1c(C)[nH]c(C)c1C(=O)COC(=O)[C@@]1(C)CC1(Cl)Cl. The average Bonchev–Trinajstić information content (AvgIpc) is 2.84. The van der Waals surface area contributed by atoms with E-state index in [2.05, 4.69) is 4.98 Å². The molecule has 1 aliphatic carbocycles. The number of ketones is 1. The smallest absolute Gasteiger partial charge is 0.340 e. The third-order valence-corrected chi connectivity index (χ3v) is 5.28. The van der Waals surface area contributed by atoms with Crippen LogP contribution in [0.3, 0.4) is 0 Å². The number of halogens is 2. The number of rotatable bonds is 6. The van der Waals surface area contributed by atoms with Gasteiger partial charge in [-0.1, -0.05) is 0 Å². The van der Waals surface area contributed by atoms with Crippen LogP contribution in [0.5, 0.6) is 0 Å². The summed E-state index contributed by atoms with van der Waals surface area (Å²) in [6.45, 7) is 6.28. The van der Waals surface area contributed by atoms with Crippen molar-refractivity contribution in [1.29, 1.82) is 0 Å². The second-order valence-corrected chi connectivity index (χ2v) is 7.54. The molecule has 0 spiro atoms. The third-order valence-electron chi connectivity index (χ3n) is 4.18. The minimum atomic E-state index is -1.16. The Kier molecular flexibility index (Phi) is 5.02. The summed E-state index contributed by atoms with van der Waals surface area (Å²) in [4.78, 5) is 39.5. The maximum Gasteiger partial charge on any atom is 0.340 e. The van der Waals surface area contributed by atoms with Gasteiger partial charge in [0.2, 0.25) is 5.78 Å². The van der Waals surface area contributed by atoms with Crippen molar-refractivity contribution in [2.75, 3.05) is 13.2 Å². The van der Waals surface area contributed by atoms with Crippen LogP contribution in [0.1, 0.15) is 52.4 Å². The average molecular weight is 376 g/mol. The highest BCUT2D eigenvalue weighted by molar-refractivity contribution is 6.53. The number of Topliss-reactive ketones (excluding diaryl/α,β-unsaturated/α-hetero) is 1. The number of H-pyrrole nitrogens is 1. The Labute approximate surface area is 149 Å². The van der Waals surface area contributed by atoms with E-state index in [1.165, 1.54) is 0 Å². The molecule has 2 rings (SSSR count). The van der Waals surface area contributed by atoms with Crippen molar-refractivity contribution in [2.45, 2.75) is 38.4 Å². The second kappa shape index (κ2) is 6.41. The van der Waals surface area contributed by atoms with E-state index in [9.17, 15) is 14.4 Å². The first-order chi connectivity index (χ1) is 11.0. The van der Waals surface area contributed by atoms with E-state index in [1.807, 2.05) is 0 Å². The van der Waals surface area contributed by atoms with Crippen LogP contribution in [0, 0.1) is 19.3 Å². The van der Waals surface area contributed by atoms with Crippen LogP contribution in [0.2, 0.25) is 0 Å². The molecule has 0 amide bonds. The third kappa shape index (κ3) is 3.17. The number of hydrogen-bond donors (Lipinski definition) is 1. The van der Waals surface area contributed by atoms with E-state index < -0.39 is 34.1 Å². The molecule has 0 aromatic carbocycles. The zero-order valence-corrected chi connectivity index (χ0v) is 15.4. The van der Waals surface area contributed by atoms with E-state index in [-0.39, 0.29) is 24.2 Å². The van der Waals surface area contributed by atoms with Gasteiger partial charge in [0, 0.05) is 17.8 Å². The van der Waals surface area contributed by atoms with Gasteiger partial charge in [-0.15, -0.1) is 23.2 Å². The number of hydrogen-bond acceptors (Lipinski definition) is 5. The number of nitrogens with one attached hydrogen (secondary N) is 1. The topological polar surface area (TPSA) is 85.5 Å². The molecular formula is C16H19Cl2NO5. The van der Waals surface area contributed by atoms with E-state index in [0.717, 1.165) is 0 Å². The standard InChI is InChI=1S/C16H19Cl2NO5/c1-5-23-13(21)12-9(3)19-8(2)11(12)10(20)6-24-14(22)15(4)7-16(15,17)18/h19H,5-7H2,1-4H3/t15-/m1/s1. The van der Waals surface area contributed by atoms with Gasteiger partial charge in [-0.3, -0.25) is 9.59 Å². The molecular weight excluding hydrogens is 357 g/mol. The summed E-state index contributed by atoms with van der Waals surface area (Å²) < 4.78 is 8.87. The summed E-state index contributed by atoms with van der Waals surface area (Å²) in [5, 5.41) is 0. The molecule has 24 heavy (non-hydrogen) atoms. The quantitative estimate of drug-likeness (QED) is 0.468. The molecule has 0 bridgehead atoms. The Morgan fingerprint density at radius 2 is 1.67 bits per heavy atom. The summed E-state index contributed by atoms with van der Waals surface area (Å²) in [7, 11) is 0. The van der Waals surface area contributed by atoms with Gasteiger partial charge in [-0.25, -0.2) is 4.79 Å². The number of alkyl halides is 2. The van der Waals surface area contributed by atoms with Gasteiger partial charge in [0.15, 0.2) is 6.61 Å². The highest BCUT2D eigenvalue weighted by Gasteiger charge is 2.69. The summed E-state index contributed by atoms with van der Waals surface area (Å²) in [5.74, 6) is -1.72. The number of aromatic nitrogens is 1. The lowest BCUT2D eigenvalue weighted by molar-refractivity contribution is -0.148. The molecule has 0 aliphatic heterocycles. The van der Waals surface area contributed by atoms with Crippen LogP contribution >= 0.6 is 23.2 Å². The number of ether oxygens (including phenoxy) is 2. The molecule has 6 nitrogen and oxygen atoms in total. The molecule has 0 radical (unpaired) electrons. The molecule has 0 saturated heterocycles. The van der Waals surface area contributed by atoms with Crippen molar-refractivity contribution < 1.29 is 23.9 Å². The lowest BCUT2D eigenvalue weighted by Gasteiger charge is -2.12. The summed E-state index contributed by atoms with van der Waals surface area (Å²) in [5.41, 5.74) is 0.358. The highest BCUT2D eigenvalue weighted by atomic mass is 35.5. The Balaban J connectivity index is 2.13. The van der Waals surface area contributed by atoms with Crippen LogP contribution in [0.15, 0.2) is 0 Å². The minimum absolute atomic E-state index is 0.164. The van der Waals surface area contributed by atoms with E-state index in [0.29, 0.717) is 11.4 Å². The normalized spacial score (nSPS) is 21.2. The number of aryl methyl sites for hydroxylation is 2. The molecule has 1 heterocycles. The van der Waals surface area contributed by atoms with Gasteiger partial charge in [0.25, 0.3) is 0 Å². The van der Waals surface area contributed by atoms with Gasteiger partial charge in [0.05, 0.1) is 17.7 Å². The van der Waals surface area contributed by atoms with Crippen LogP contribution in [-0.4, -0.2) is 40.3 Å². The molecule has 8 heteroatoms. The number of aromatic amines is 1. The lowest BCUT2D eigenvalue weighted by atomic mass is 10.1. The Morgan fingerprint density at radius 1 is 1.12 bits per heavy atom. The van der Waals surface area contributed by atoms with Crippen molar-refractivity contribution in [3.63, 3.8) is 0 Å². The first-order valence-corrected chi connectivity index (χ1v) is 8.25. The Hall–Kier alpha value is -1.53. The summed E-state index contributed by atoms with van der Waals surface area (Å²) in [6.07, 6.45) is 0.270.